The molecular weight excluding hydrogens is 482 g/mol. The molecule has 9 heteroatoms. The summed E-state index contributed by atoms with van der Waals surface area (Å²) in [6.07, 6.45) is -0.233. The molecule has 3 aliphatic rings. The van der Waals surface area contributed by atoms with Gasteiger partial charge in [-0.1, -0.05) is 23.4 Å². The Hall–Kier alpha value is -3.24. The lowest BCUT2D eigenvalue weighted by molar-refractivity contribution is 0.0860. The van der Waals surface area contributed by atoms with Crippen molar-refractivity contribution in [2.45, 2.75) is 12.2 Å². The van der Waals surface area contributed by atoms with Crippen molar-refractivity contribution in [3.8, 4) is 16.9 Å². The van der Waals surface area contributed by atoms with Gasteiger partial charge in [-0.25, -0.2) is 4.98 Å². The number of β-amino-alcohol motifs (C(OH)–C–C–N with tert-alkyl or cyclic N) is 1. The molecule has 3 aromatic rings. The van der Waals surface area contributed by atoms with Crippen LogP contribution in [0.15, 0.2) is 47.6 Å². The number of methoxy groups -OCH3 is 1. The maximum Gasteiger partial charge on any atom is 0.145 e. The van der Waals surface area contributed by atoms with Crippen molar-refractivity contribution in [1.29, 1.82) is 0 Å². The predicted octanol–water partition coefficient (Wildman–Crippen LogP) is 2.44. The third-order valence-electron chi connectivity index (χ3n) is 7.40. The number of piperazine rings is 1. The number of benzene rings is 2. The predicted molar refractivity (Wildman–Crippen MR) is 148 cm³/mol. The summed E-state index contributed by atoms with van der Waals surface area (Å²) in [6.45, 7) is 5.91. The van der Waals surface area contributed by atoms with Gasteiger partial charge in [-0.3, -0.25) is 4.90 Å². The molecule has 0 bridgehead atoms. The molecule has 38 heavy (non-hydrogen) atoms. The summed E-state index contributed by atoms with van der Waals surface area (Å²) in [7, 11) is 5.66. The first-order valence-electron chi connectivity index (χ1n) is 13.3. The van der Waals surface area contributed by atoms with Crippen LogP contribution < -0.4 is 9.64 Å². The van der Waals surface area contributed by atoms with Crippen molar-refractivity contribution in [3.05, 3.63) is 53.6 Å². The number of oxime groups is 1. The summed E-state index contributed by atoms with van der Waals surface area (Å²) < 4.78 is 10.9. The Kier molecular flexibility index (Phi) is 6.92. The third-order valence-corrected chi connectivity index (χ3v) is 7.40. The summed E-state index contributed by atoms with van der Waals surface area (Å²) >= 11 is 0. The van der Waals surface area contributed by atoms with Gasteiger partial charge in [0.05, 0.1) is 25.3 Å². The highest BCUT2D eigenvalue weighted by Crippen LogP contribution is 2.46. The van der Waals surface area contributed by atoms with E-state index in [0.29, 0.717) is 19.7 Å². The van der Waals surface area contributed by atoms with E-state index >= 15 is 0 Å². The second kappa shape index (κ2) is 10.5. The van der Waals surface area contributed by atoms with Crippen LogP contribution in [0, 0.1) is 0 Å². The molecule has 2 aromatic carbocycles. The third kappa shape index (κ3) is 4.94. The minimum Gasteiger partial charge on any atom is -0.497 e. The van der Waals surface area contributed by atoms with Crippen LogP contribution in [-0.4, -0.2) is 111 Å². The molecule has 3 heterocycles. The van der Waals surface area contributed by atoms with Crippen molar-refractivity contribution in [2.75, 3.05) is 78.6 Å². The fourth-order valence-corrected chi connectivity index (χ4v) is 5.49. The van der Waals surface area contributed by atoms with Crippen molar-refractivity contribution in [1.82, 2.24) is 14.8 Å². The molecule has 2 saturated heterocycles. The Balaban J connectivity index is 1.38. The molecule has 0 spiro atoms. The zero-order valence-electron chi connectivity index (χ0n) is 22.3. The topological polar surface area (TPSA) is 86.2 Å². The second-order valence-corrected chi connectivity index (χ2v) is 10.5. The summed E-state index contributed by atoms with van der Waals surface area (Å²) in [5, 5.41) is 16.2. The number of likely N-dealkylation sites (N-methyl/N-ethyl adjacent to an activating group) is 1. The van der Waals surface area contributed by atoms with Crippen molar-refractivity contribution in [2.24, 2.45) is 5.16 Å². The molecule has 0 amide bonds. The molecule has 2 fully saturated rings. The Morgan fingerprint density at radius 1 is 1.11 bits per heavy atom. The van der Waals surface area contributed by atoms with E-state index in [4.69, 9.17) is 19.3 Å². The number of nitrogens with zero attached hydrogens (tertiary/aromatic N) is 5. The lowest BCUT2D eigenvalue weighted by atomic mass is 10.0. The number of hydrogen-bond acceptors (Lipinski definition) is 9. The Bertz CT molecular complexity index is 1350. The van der Waals surface area contributed by atoms with Crippen molar-refractivity contribution in [3.63, 3.8) is 0 Å². The summed E-state index contributed by atoms with van der Waals surface area (Å²) in [4.78, 5) is 17.7. The van der Waals surface area contributed by atoms with Gasteiger partial charge in [-0.2, -0.15) is 0 Å². The van der Waals surface area contributed by atoms with Crippen LogP contribution in [-0.2, 0) is 9.57 Å². The first-order valence-corrected chi connectivity index (χ1v) is 13.3. The van der Waals surface area contributed by atoms with Gasteiger partial charge in [-0.15, -0.1) is 0 Å². The zero-order valence-corrected chi connectivity index (χ0v) is 22.3. The number of fused-ring (bicyclic) bond motifs is 5. The molecule has 9 nitrogen and oxygen atoms in total. The number of epoxide rings is 1. The number of aliphatic hydroxyl groups excluding tert-OH is 1. The number of aromatic nitrogens is 1. The first kappa shape index (κ1) is 25.1. The van der Waals surface area contributed by atoms with Crippen LogP contribution in [0.3, 0.4) is 0 Å². The van der Waals surface area contributed by atoms with Crippen LogP contribution in [0.25, 0.3) is 22.0 Å². The molecule has 0 radical (unpaired) electrons. The van der Waals surface area contributed by atoms with Gasteiger partial charge in [-0.05, 0) is 43.9 Å². The van der Waals surface area contributed by atoms with Crippen LogP contribution in [0.2, 0.25) is 0 Å². The zero-order chi connectivity index (χ0) is 26.2. The number of rotatable bonds is 9. The van der Waals surface area contributed by atoms with Crippen LogP contribution >= 0.6 is 0 Å². The average Bonchev–Trinajstić information content (AvgIpc) is 3.69. The van der Waals surface area contributed by atoms with E-state index in [1.807, 2.05) is 43.3 Å². The van der Waals surface area contributed by atoms with Gasteiger partial charge in [0.15, 0.2) is 0 Å². The van der Waals surface area contributed by atoms with E-state index in [1.54, 1.807) is 7.11 Å². The van der Waals surface area contributed by atoms with Crippen LogP contribution in [0.5, 0.6) is 5.75 Å². The molecule has 2 aliphatic heterocycles. The van der Waals surface area contributed by atoms with Crippen LogP contribution in [0.1, 0.15) is 11.1 Å². The molecule has 200 valence electrons. The molecular formula is C29H35N5O4. The Labute approximate surface area is 223 Å². The smallest absolute Gasteiger partial charge is 0.145 e. The standard InChI is InChI=1S/C29H35N5O4/c1-32(2)15-19(35)16-33-10-12-34(13-11-33)29-27-22-9-8-20(36-3)14-24(22)28(31-38-18-21-17-37-21)26(27)23-6-4-5-7-25(23)30-29/h4-9,14,19,21,35H,10-13,15-18H2,1-3H3/b31-28-. The highest BCUT2D eigenvalue weighted by Gasteiger charge is 2.34. The van der Waals surface area contributed by atoms with E-state index in [1.165, 1.54) is 0 Å². The van der Waals surface area contributed by atoms with Crippen molar-refractivity contribution >= 4 is 22.4 Å². The van der Waals surface area contributed by atoms with E-state index < -0.39 is 0 Å². The SMILES string of the molecule is COc1ccc2c(c1)/C(=N/OCC1CO1)c1c-2c(N2CCN(CC(O)CN(C)C)CC2)nc2ccccc12. The van der Waals surface area contributed by atoms with Crippen LogP contribution in [0.4, 0.5) is 5.82 Å². The number of hydrogen-bond donors (Lipinski definition) is 1. The molecule has 2 atom stereocenters. The summed E-state index contributed by atoms with van der Waals surface area (Å²) in [6, 6.07) is 14.4. The minimum absolute atomic E-state index is 0.127. The number of ether oxygens (including phenoxy) is 2. The lowest BCUT2D eigenvalue weighted by Crippen LogP contribution is -2.50. The van der Waals surface area contributed by atoms with E-state index in [2.05, 4.69) is 33.2 Å². The fraction of sp³-hybridized carbons (Fsp3) is 0.448. The quantitative estimate of drug-likeness (QED) is 0.268. The van der Waals surface area contributed by atoms with Gasteiger partial charge in [0.2, 0.25) is 0 Å². The van der Waals surface area contributed by atoms with Gasteiger partial charge < -0.3 is 29.2 Å². The number of pyridine rings is 1. The van der Waals surface area contributed by atoms with E-state index in [0.717, 1.165) is 83.2 Å². The lowest BCUT2D eigenvalue weighted by Gasteiger charge is -2.37. The maximum absolute atomic E-state index is 10.4. The van der Waals surface area contributed by atoms with Crippen molar-refractivity contribution < 1.29 is 19.4 Å². The van der Waals surface area contributed by atoms with Gasteiger partial charge >= 0.3 is 0 Å². The molecule has 2 unspecified atom stereocenters. The Morgan fingerprint density at radius 3 is 2.63 bits per heavy atom. The molecule has 6 rings (SSSR count). The molecule has 1 aliphatic carbocycles. The van der Waals surface area contributed by atoms with E-state index in [-0.39, 0.29) is 12.2 Å². The highest BCUT2D eigenvalue weighted by atomic mass is 16.7. The highest BCUT2D eigenvalue weighted by molar-refractivity contribution is 6.30. The normalized spacial score (nSPS) is 20.6. The van der Waals surface area contributed by atoms with Gasteiger partial charge in [0.1, 0.15) is 30.0 Å². The monoisotopic (exact) mass is 517 g/mol. The number of para-hydroxylation sites is 1. The summed E-state index contributed by atoms with van der Waals surface area (Å²) in [5.41, 5.74) is 5.95. The average molecular weight is 518 g/mol. The largest absolute Gasteiger partial charge is 0.497 e. The minimum atomic E-state index is -0.360. The number of anilines is 1. The van der Waals surface area contributed by atoms with E-state index in [9.17, 15) is 5.11 Å². The van der Waals surface area contributed by atoms with Gasteiger partial charge in [0.25, 0.3) is 0 Å². The first-order chi connectivity index (χ1) is 18.5. The fourth-order valence-electron chi connectivity index (χ4n) is 5.49. The molecule has 1 N–H and O–H groups in total. The Morgan fingerprint density at radius 2 is 1.89 bits per heavy atom. The second-order valence-electron chi connectivity index (χ2n) is 10.5. The molecule has 0 saturated carbocycles. The molecule has 1 aromatic heterocycles. The number of aliphatic hydroxyl groups is 1. The summed E-state index contributed by atoms with van der Waals surface area (Å²) in [5.74, 6) is 1.74. The maximum atomic E-state index is 10.4. The van der Waals surface area contributed by atoms with Gasteiger partial charge in [0, 0.05) is 61.3 Å².